The van der Waals surface area contributed by atoms with Gasteiger partial charge in [0.2, 0.25) is 0 Å². The van der Waals surface area contributed by atoms with E-state index in [0.29, 0.717) is 10.9 Å². The quantitative estimate of drug-likeness (QED) is 0.315. The summed E-state index contributed by atoms with van der Waals surface area (Å²) in [5.41, 5.74) is 0.840. The van der Waals surface area contributed by atoms with Crippen molar-refractivity contribution in [3.8, 4) is 0 Å². The van der Waals surface area contributed by atoms with Crippen molar-refractivity contribution in [3.05, 3.63) is 101 Å². The lowest BCUT2D eigenvalue weighted by Crippen LogP contribution is -2.28. The van der Waals surface area contributed by atoms with Crippen molar-refractivity contribution < 1.29 is 8.42 Å². The van der Waals surface area contributed by atoms with E-state index in [1.807, 2.05) is 49.4 Å². The number of hydrogen-bond donors (Lipinski definition) is 0. The summed E-state index contributed by atoms with van der Waals surface area (Å²) in [6, 6.07) is 25.0. The lowest BCUT2D eigenvalue weighted by atomic mass is 10.0. The zero-order valence-corrected chi connectivity index (χ0v) is 16.5. The summed E-state index contributed by atoms with van der Waals surface area (Å²) in [6.07, 6.45) is 0. The molecule has 5 aromatic rings. The first-order chi connectivity index (χ1) is 14.0. The third-order valence-corrected chi connectivity index (χ3v) is 6.95. The van der Waals surface area contributed by atoms with Gasteiger partial charge in [0.15, 0.2) is 0 Å². The van der Waals surface area contributed by atoms with Crippen LogP contribution in [0.15, 0.2) is 94.6 Å². The second kappa shape index (κ2) is 6.29. The number of benzene rings is 4. The van der Waals surface area contributed by atoms with E-state index in [9.17, 15) is 13.2 Å². The molecule has 0 aliphatic heterocycles. The van der Waals surface area contributed by atoms with Crippen LogP contribution in [0.1, 0.15) is 5.56 Å². The maximum absolute atomic E-state index is 13.5. The molecule has 0 atom stereocenters. The highest BCUT2D eigenvalue weighted by molar-refractivity contribution is 7.90. The molecule has 0 N–H and O–H groups in total. The molecule has 0 spiro atoms. The highest BCUT2D eigenvalue weighted by atomic mass is 32.2. The van der Waals surface area contributed by atoms with Gasteiger partial charge in [-0.2, -0.15) is 3.97 Å². The van der Waals surface area contributed by atoms with E-state index in [4.69, 9.17) is 0 Å². The Morgan fingerprint density at radius 2 is 1.31 bits per heavy atom. The van der Waals surface area contributed by atoms with Gasteiger partial charge in [0, 0.05) is 10.8 Å². The fraction of sp³-hybridized carbons (Fsp3) is 0.0417. The molecule has 4 aromatic carbocycles. The van der Waals surface area contributed by atoms with Crippen molar-refractivity contribution in [3.63, 3.8) is 0 Å². The molecule has 0 amide bonds. The number of aryl methyl sites for hydroxylation is 1. The predicted octanol–water partition coefficient (Wildman–Crippen LogP) is 4.85. The average molecular weight is 399 g/mol. The highest BCUT2D eigenvalue weighted by Gasteiger charge is 2.23. The maximum Gasteiger partial charge on any atom is 0.272 e. The molecule has 5 heteroatoms. The van der Waals surface area contributed by atoms with E-state index in [1.165, 1.54) is 12.1 Å². The Morgan fingerprint density at radius 1 is 0.690 bits per heavy atom. The van der Waals surface area contributed by atoms with Crippen LogP contribution in [0.2, 0.25) is 0 Å². The Balaban J connectivity index is 2.03. The third-order valence-electron chi connectivity index (χ3n) is 5.24. The zero-order chi connectivity index (χ0) is 20.2. The molecule has 142 valence electrons. The van der Waals surface area contributed by atoms with Crippen molar-refractivity contribution >= 4 is 42.5 Å². The minimum absolute atomic E-state index is 0.0871. The largest absolute Gasteiger partial charge is 0.272 e. The number of nitrogens with zero attached hydrogens (tertiary/aromatic N) is 1. The fourth-order valence-electron chi connectivity index (χ4n) is 3.84. The van der Waals surface area contributed by atoms with Gasteiger partial charge < -0.3 is 0 Å². The highest BCUT2D eigenvalue weighted by Crippen LogP contribution is 2.29. The molecule has 4 nitrogen and oxygen atoms in total. The molecule has 0 aliphatic rings. The van der Waals surface area contributed by atoms with Crippen molar-refractivity contribution in [1.82, 2.24) is 3.97 Å². The van der Waals surface area contributed by atoms with E-state index < -0.39 is 15.6 Å². The average Bonchev–Trinajstić information content (AvgIpc) is 2.74. The SMILES string of the molecule is Cc1ccc2c(c1)c1cc3ccccc3cc1c(=O)n2S(=O)(=O)c1ccccc1. The molecule has 5 rings (SSSR count). The standard InChI is InChI=1S/C24H17NO3S/c1-16-11-12-23-21(13-16)20-14-17-7-5-6-8-18(17)15-22(20)24(26)25(23)29(27,28)19-9-3-2-4-10-19/h2-15H,1H3. The summed E-state index contributed by atoms with van der Waals surface area (Å²) in [4.78, 5) is 13.6. The fourth-order valence-corrected chi connectivity index (χ4v) is 5.28. The Labute approximate surface area is 167 Å². The lowest BCUT2D eigenvalue weighted by Gasteiger charge is -2.15. The Bertz CT molecular complexity index is 1580. The van der Waals surface area contributed by atoms with Crippen LogP contribution in [-0.4, -0.2) is 12.4 Å². The Kier molecular flexibility index (Phi) is 3.83. The van der Waals surface area contributed by atoms with Gasteiger partial charge >= 0.3 is 0 Å². The first-order valence-electron chi connectivity index (χ1n) is 9.25. The smallest absolute Gasteiger partial charge is 0.268 e. The van der Waals surface area contributed by atoms with E-state index in [2.05, 4.69) is 0 Å². The van der Waals surface area contributed by atoms with Crippen LogP contribution in [0, 0.1) is 6.92 Å². The first-order valence-corrected chi connectivity index (χ1v) is 10.7. The summed E-state index contributed by atoms with van der Waals surface area (Å²) >= 11 is 0. The number of fused-ring (bicyclic) bond motifs is 4. The van der Waals surface area contributed by atoms with Crippen molar-refractivity contribution in [1.29, 1.82) is 0 Å². The summed E-state index contributed by atoms with van der Waals surface area (Å²) < 4.78 is 27.8. The number of pyridine rings is 1. The van der Waals surface area contributed by atoms with Crippen molar-refractivity contribution in [2.75, 3.05) is 0 Å². The molecule has 29 heavy (non-hydrogen) atoms. The molecule has 0 bridgehead atoms. The molecule has 1 aromatic heterocycles. The second-order valence-corrected chi connectivity index (χ2v) is 8.94. The molecule has 0 saturated heterocycles. The van der Waals surface area contributed by atoms with E-state index in [0.717, 1.165) is 31.1 Å². The number of rotatable bonds is 2. The van der Waals surface area contributed by atoms with E-state index >= 15 is 0 Å². The Morgan fingerprint density at radius 3 is 2.00 bits per heavy atom. The third kappa shape index (κ3) is 2.66. The second-order valence-electron chi connectivity index (χ2n) is 7.15. The zero-order valence-electron chi connectivity index (χ0n) is 15.7. The Hall–Kier alpha value is -3.44. The van der Waals surface area contributed by atoms with Gasteiger partial charge in [-0.25, -0.2) is 8.42 Å². The van der Waals surface area contributed by atoms with Crippen LogP contribution in [0.25, 0.3) is 32.4 Å². The van der Waals surface area contributed by atoms with Crippen LogP contribution in [0.5, 0.6) is 0 Å². The molecule has 0 fully saturated rings. The molecule has 0 saturated carbocycles. The summed E-state index contributed by atoms with van der Waals surface area (Å²) in [5.74, 6) is 0. The topological polar surface area (TPSA) is 56.1 Å². The first kappa shape index (κ1) is 17.6. The van der Waals surface area contributed by atoms with Gasteiger partial charge in [-0.1, -0.05) is 54.1 Å². The normalized spacial score (nSPS) is 12.0. The minimum atomic E-state index is -4.05. The van der Waals surface area contributed by atoms with Gasteiger partial charge in [-0.3, -0.25) is 4.79 Å². The molecular formula is C24H17NO3S. The summed E-state index contributed by atoms with van der Waals surface area (Å²) in [5, 5.41) is 3.79. The van der Waals surface area contributed by atoms with Crippen LogP contribution < -0.4 is 5.56 Å². The maximum atomic E-state index is 13.5. The van der Waals surface area contributed by atoms with Gasteiger partial charge in [0.1, 0.15) is 0 Å². The predicted molar refractivity (Wildman–Crippen MR) is 117 cm³/mol. The van der Waals surface area contributed by atoms with Crippen molar-refractivity contribution in [2.24, 2.45) is 0 Å². The number of hydrogen-bond acceptors (Lipinski definition) is 3. The lowest BCUT2D eigenvalue weighted by molar-refractivity contribution is 0.587. The van der Waals surface area contributed by atoms with Crippen LogP contribution in [0.3, 0.4) is 0 Å². The van der Waals surface area contributed by atoms with Gasteiger partial charge in [-0.05, 0) is 59.5 Å². The van der Waals surface area contributed by atoms with Crippen LogP contribution in [-0.2, 0) is 10.0 Å². The van der Waals surface area contributed by atoms with Crippen LogP contribution >= 0.6 is 0 Å². The molecule has 0 aliphatic carbocycles. The van der Waals surface area contributed by atoms with Crippen LogP contribution in [0.4, 0.5) is 0 Å². The van der Waals surface area contributed by atoms with E-state index in [1.54, 1.807) is 30.3 Å². The van der Waals surface area contributed by atoms with Gasteiger partial charge in [-0.15, -0.1) is 0 Å². The minimum Gasteiger partial charge on any atom is -0.268 e. The summed E-state index contributed by atoms with van der Waals surface area (Å²) in [7, 11) is -4.05. The molecular weight excluding hydrogens is 382 g/mol. The van der Waals surface area contributed by atoms with Crippen molar-refractivity contribution in [2.45, 2.75) is 11.8 Å². The summed E-state index contributed by atoms with van der Waals surface area (Å²) in [6.45, 7) is 1.95. The van der Waals surface area contributed by atoms with E-state index in [-0.39, 0.29) is 4.90 Å². The van der Waals surface area contributed by atoms with Gasteiger partial charge in [0.25, 0.3) is 15.6 Å². The molecule has 0 unspecified atom stereocenters. The monoisotopic (exact) mass is 399 g/mol. The number of aromatic nitrogens is 1. The molecule has 0 radical (unpaired) electrons. The van der Waals surface area contributed by atoms with Gasteiger partial charge in [0.05, 0.1) is 10.4 Å². The molecule has 1 heterocycles.